The van der Waals surface area contributed by atoms with Crippen LogP contribution < -0.4 is 10.1 Å². The third-order valence-electron chi connectivity index (χ3n) is 5.49. The fourth-order valence-electron chi connectivity index (χ4n) is 3.78. The molecular formula is C23H28Cl2N2O4S. The third-order valence-corrected chi connectivity index (χ3v) is 7.87. The Balaban J connectivity index is 1.51. The molecule has 2 aromatic rings. The summed E-state index contributed by atoms with van der Waals surface area (Å²) in [6, 6.07) is 10.7. The Bertz CT molecular complexity index is 1080. The van der Waals surface area contributed by atoms with Gasteiger partial charge in [-0.15, -0.1) is 0 Å². The van der Waals surface area contributed by atoms with Crippen molar-refractivity contribution in [2.75, 3.05) is 26.2 Å². The van der Waals surface area contributed by atoms with E-state index < -0.39 is 10.0 Å². The fraction of sp³-hybridized carbons (Fsp3) is 0.435. The molecule has 0 radical (unpaired) electrons. The van der Waals surface area contributed by atoms with E-state index >= 15 is 0 Å². The van der Waals surface area contributed by atoms with Crippen molar-refractivity contribution in [3.8, 4) is 5.75 Å². The molecule has 0 saturated carbocycles. The number of halogens is 2. The lowest BCUT2D eigenvalue weighted by Crippen LogP contribution is -2.46. The van der Waals surface area contributed by atoms with Crippen LogP contribution in [-0.4, -0.2) is 44.9 Å². The maximum atomic E-state index is 12.9. The van der Waals surface area contributed by atoms with Gasteiger partial charge in [-0.2, -0.15) is 0 Å². The molecule has 0 unspecified atom stereocenters. The Labute approximate surface area is 199 Å². The van der Waals surface area contributed by atoms with Crippen molar-refractivity contribution in [1.29, 1.82) is 0 Å². The van der Waals surface area contributed by atoms with Crippen LogP contribution in [0.4, 0.5) is 0 Å². The van der Waals surface area contributed by atoms with Gasteiger partial charge in [-0.25, -0.2) is 12.7 Å². The first-order valence-electron chi connectivity index (χ1n) is 10.6. The molecule has 1 atom stereocenters. The van der Waals surface area contributed by atoms with E-state index in [1.165, 1.54) is 15.9 Å². The van der Waals surface area contributed by atoms with E-state index in [1.807, 2.05) is 32.0 Å². The normalized spacial score (nSPS) is 17.2. The molecular weight excluding hydrogens is 471 g/mol. The molecule has 1 saturated heterocycles. The van der Waals surface area contributed by atoms with Crippen LogP contribution in [0.3, 0.4) is 0 Å². The molecule has 9 heteroatoms. The molecule has 32 heavy (non-hydrogen) atoms. The Morgan fingerprint density at radius 3 is 2.69 bits per heavy atom. The summed E-state index contributed by atoms with van der Waals surface area (Å²) in [6.07, 6.45) is 1.28. The van der Waals surface area contributed by atoms with Crippen molar-refractivity contribution in [1.82, 2.24) is 9.62 Å². The molecule has 6 nitrogen and oxygen atoms in total. The minimum atomic E-state index is -3.61. The Kier molecular flexibility index (Phi) is 8.44. The van der Waals surface area contributed by atoms with Crippen molar-refractivity contribution in [3.05, 3.63) is 63.1 Å². The second kappa shape index (κ2) is 10.9. The highest BCUT2D eigenvalue weighted by molar-refractivity contribution is 7.88. The number of rotatable bonds is 8. The highest BCUT2D eigenvalue weighted by Crippen LogP contribution is 2.26. The summed E-state index contributed by atoms with van der Waals surface area (Å²) < 4.78 is 33.0. The van der Waals surface area contributed by atoms with E-state index in [-0.39, 0.29) is 24.1 Å². The summed E-state index contributed by atoms with van der Waals surface area (Å²) >= 11 is 12.0. The maximum Gasteiger partial charge on any atom is 0.224 e. The van der Waals surface area contributed by atoms with Gasteiger partial charge in [0.25, 0.3) is 0 Å². The number of hydrogen-bond donors (Lipinski definition) is 1. The third kappa shape index (κ3) is 6.61. The SMILES string of the molecule is Cc1ccc(OCCNC(=O)[C@@H]2CCCN(S(=O)(=O)Cc3ccc(Cl)cc3Cl)C2)c(C)c1. The quantitative estimate of drug-likeness (QED) is 0.549. The van der Waals surface area contributed by atoms with E-state index in [2.05, 4.69) is 5.32 Å². The maximum absolute atomic E-state index is 12.9. The Morgan fingerprint density at radius 2 is 1.97 bits per heavy atom. The van der Waals surface area contributed by atoms with Crippen LogP contribution in [0.2, 0.25) is 10.0 Å². The number of nitrogens with one attached hydrogen (secondary N) is 1. The molecule has 174 valence electrons. The first-order valence-corrected chi connectivity index (χ1v) is 12.9. The molecule has 0 bridgehead atoms. The average Bonchev–Trinajstić information content (AvgIpc) is 2.74. The van der Waals surface area contributed by atoms with Gasteiger partial charge in [-0.1, -0.05) is 47.0 Å². The van der Waals surface area contributed by atoms with Crippen LogP contribution in [0.25, 0.3) is 0 Å². The average molecular weight is 499 g/mol. The zero-order valence-corrected chi connectivity index (χ0v) is 20.6. The molecule has 0 aliphatic carbocycles. The molecule has 1 amide bonds. The van der Waals surface area contributed by atoms with E-state index in [9.17, 15) is 13.2 Å². The smallest absolute Gasteiger partial charge is 0.224 e. The van der Waals surface area contributed by atoms with Gasteiger partial charge in [0.1, 0.15) is 12.4 Å². The molecule has 1 fully saturated rings. The van der Waals surface area contributed by atoms with Crippen molar-refractivity contribution < 1.29 is 17.9 Å². The molecule has 0 spiro atoms. The van der Waals surface area contributed by atoms with Gasteiger partial charge in [0, 0.05) is 23.1 Å². The minimum absolute atomic E-state index is 0.154. The molecule has 1 aliphatic heterocycles. The van der Waals surface area contributed by atoms with Crippen LogP contribution >= 0.6 is 23.2 Å². The summed E-state index contributed by atoms with van der Waals surface area (Å²) in [4.78, 5) is 12.6. The summed E-state index contributed by atoms with van der Waals surface area (Å²) in [5, 5.41) is 3.64. The van der Waals surface area contributed by atoms with Crippen LogP contribution in [0.15, 0.2) is 36.4 Å². The molecule has 0 aromatic heterocycles. The largest absolute Gasteiger partial charge is 0.491 e. The zero-order chi connectivity index (χ0) is 23.3. The molecule has 3 rings (SSSR count). The summed E-state index contributed by atoms with van der Waals surface area (Å²) in [5.41, 5.74) is 2.70. The van der Waals surface area contributed by atoms with Crippen molar-refractivity contribution in [2.45, 2.75) is 32.4 Å². The van der Waals surface area contributed by atoms with E-state index in [0.717, 1.165) is 11.3 Å². The minimum Gasteiger partial charge on any atom is -0.491 e. The van der Waals surface area contributed by atoms with Crippen LogP contribution in [0, 0.1) is 19.8 Å². The lowest BCUT2D eigenvalue weighted by Gasteiger charge is -2.31. The number of sulfonamides is 1. The van der Waals surface area contributed by atoms with Gasteiger partial charge in [0.15, 0.2) is 0 Å². The van der Waals surface area contributed by atoms with Crippen molar-refractivity contribution in [3.63, 3.8) is 0 Å². The number of carbonyl (C=O) groups is 1. The Hall–Kier alpha value is -1.80. The van der Waals surface area contributed by atoms with Crippen LogP contribution in [-0.2, 0) is 20.6 Å². The van der Waals surface area contributed by atoms with Gasteiger partial charge >= 0.3 is 0 Å². The number of piperidine rings is 1. The van der Waals surface area contributed by atoms with Gasteiger partial charge < -0.3 is 10.1 Å². The summed E-state index contributed by atoms with van der Waals surface area (Å²) in [6.45, 7) is 5.27. The second-order valence-corrected chi connectivity index (χ2v) is 10.9. The first-order chi connectivity index (χ1) is 15.2. The predicted molar refractivity (Wildman–Crippen MR) is 128 cm³/mol. The van der Waals surface area contributed by atoms with Gasteiger partial charge in [0.05, 0.1) is 18.2 Å². The number of ether oxygens (including phenoxy) is 1. The van der Waals surface area contributed by atoms with Gasteiger partial charge in [0.2, 0.25) is 15.9 Å². The van der Waals surface area contributed by atoms with Crippen LogP contribution in [0.5, 0.6) is 5.75 Å². The summed E-state index contributed by atoms with van der Waals surface area (Å²) in [5.74, 6) is 0.0285. The number of amides is 1. The molecule has 2 aromatic carbocycles. The van der Waals surface area contributed by atoms with Gasteiger partial charge in [-0.3, -0.25) is 4.79 Å². The van der Waals surface area contributed by atoms with E-state index in [1.54, 1.807) is 12.1 Å². The zero-order valence-electron chi connectivity index (χ0n) is 18.2. The number of carbonyl (C=O) groups excluding carboxylic acids is 1. The monoisotopic (exact) mass is 498 g/mol. The Morgan fingerprint density at radius 1 is 1.19 bits per heavy atom. The number of benzene rings is 2. The predicted octanol–water partition coefficient (Wildman–Crippen LogP) is 4.35. The summed E-state index contributed by atoms with van der Waals surface area (Å²) in [7, 11) is -3.61. The molecule has 1 heterocycles. The fourth-order valence-corrected chi connectivity index (χ4v) is 5.97. The molecule has 1 N–H and O–H groups in total. The topological polar surface area (TPSA) is 75.7 Å². The van der Waals surface area contributed by atoms with E-state index in [0.29, 0.717) is 48.1 Å². The standard InChI is InChI=1S/C23H28Cl2N2O4S/c1-16-5-8-22(17(2)12-16)31-11-9-26-23(28)18-4-3-10-27(14-18)32(29,30)15-19-6-7-20(24)13-21(19)25/h5-8,12-13,18H,3-4,9-11,14-15H2,1-2H3,(H,26,28)/t18-/m1/s1. The first kappa shape index (κ1) is 24.8. The highest BCUT2D eigenvalue weighted by atomic mass is 35.5. The van der Waals surface area contributed by atoms with Crippen LogP contribution in [0.1, 0.15) is 29.5 Å². The van der Waals surface area contributed by atoms with Crippen molar-refractivity contribution >= 4 is 39.1 Å². The van der Waals surface area contributed by atoms with Gasteiger partial charge in [-0.05, 0) is 56.0 Å². The highest BCUT2D eigenvalue weighted by Gasteiger charge is 2.32. The lowest BCUT2D eigenvalue weighted by molar-refractivity contribution is -0.126. The second-order valence-electron chi connectivity index (χ2n) is 8.10. The molecule has 1 aliphatic rings. The number of nitrogens with zero attached hydrogens (tertiary/aromatic N) is 1. The number of hydrogen-bond acceptors (Lipinski definition) is 4. The van der Waals surface area contributed by atoms with Crippen molar-refractivity contribution in [2.24, 2.45) is 5.92 Å². The number of aryl methyl sites for hydroxylation is 2. The lowest BCUT2D eigenvalue weighted by atomic mass is 9.99. The van der Waals surface area contributed by atoms with E-state index in [4.69, 9.17) is 27.9 Å².